The lowest BCUT2D eigenvalue weighted by Crippen LogP contribution is -2.16. The van der Waals surface area contributed by atoms with E-state index in [0.29, 0.717) is 17.7 Å². The normalized spacial score (nSPS) is 10.7. The van der Waals surface area contributed by atoms with Crippen LogP contribution in [0.1, 0.15) is 30.9 Å². The van der Waals surface area contributed by atoms with Crippen molar-refractivity contribution in [2.45, 2.75) is 26.7 Å². The molecule has 4 nitrogen and oxygen atoms in total. The summed E-state index contributed by atoms with van der Waals surface area (Å²) in [6, 6.07) is 5.26. The highest BCUT2D eigenvalue weighted by Crippen LogP contribution is 2.15. The largest absolute Gasteiger partial charge is 0.384 e. The van der Waals surface area contributed by atoms with Gasteiger partial charge in [-0.05, 0) is 37.1 Å². The first-order valence-electron chi connectivity index (χ1n) is 6.19. The minimum absolute atomic E-state index is 0.120. The maximum Gasteiger partial charge on any atom is 0.232 e. The second-order valence-electron chi connectivity index (χ2n) is 4.32. The molecule has 0 fully saturated rings. The summed E-state index contributed by atoms with van der Waals surface area (Å²) in [6.07, 6.45) is 1.47. The zero-order valence-corrected chi connectivity index (χ0v) is 12.0. The lowest BCUT2D eigenvalue weighted by atomic mass is 10.1. The van der Waals surface area contributed by atoms with Crippen LogP contribution in [0, 0.1) is 18.8 Å². The number of aliphatic hydroxyl groups excluding tert-OH is 1. The Morgan fingerprint density at radius 1 is 1.32 bits per heavy atom. The fraction of sp³-hybridized carbons (Fsp3) is 0.429. The third kappa shape index (κ3) is 5.77. The molecule has 5 heteroatoms. The third-order valence-electron chi connectivity index (χ3n) is 2.43. The van der Waals surface area contributed by atoms with Gasteiger partial charge in [-0.1, -0.05) is 25.2 Å². The highest BCUT2D eigenvalue weighted by atomic mass is 32.2. The van der Waals surface area contributed by atoms with Crippen LogP contribution in [-0.2, 0) is 10.0 Å². The molecule has 0 aliphatic heterocycles. The average Bonchev–Trinajstić information content (AvgIpc) is 2.32. The zero-order chi connectivity index (χ0) is 14.3. The monoisotopic (exact) mass is 281 g/mol. The van der Waals surface area contributed by atoms with E-state index in [1.165, 1.54) is 0 Å². The van der Waals surface area contributed by atoms with Gasteiger partial charge < -0.3 is 5.11 Å². The van der Waals surface area contributed by atoms with E-state index in [0.717, 1.165) is 12.0 Å². The van der Waals surface area contributed by atoms with E-state index >= 15 is 0 Å². The van der Waals surface area contributed by atoms with Gasteiger partial charge in [-0.25, -0.2) is 8.42 Å². The molecule has 0 heterocycles. The van der Waals surface area contributed by atoms with Gasteiger partial charge in [0.2, 0.25) is 10.0 Å². The molecule has 0 saturated carbocycles. The minimum atomic E-state index is -3.30. The van der Waals surface area contributed by atoms with Gasteiger partial charge >= 0.3 is 0 Å². The Bertz CT molecular complexity index is 582. The standard InChI is InChI=1S/C14H19NO3S/c1-3-4-8-19(17,18)15-14-10-12(2)9-13(11-14)6-5-7-16/h9-11,15-16H,3-4,7-8H2,1-2H3. The van der Waals surface area contributed by atoms with Crippen LogP contribution < -0.4 is 4.72 Å². The van der Waals surface area contributed by atoms with Crippen LogP contribution in [0.25, 0.3) is 0 Å². The van der Waals surface area contributed by atoms with Crippen LogP contribution in [0.5, 0.6) is 0 Å². The lowest BCUT2D eigenvalue weighted by molar-refractivity contribution is 0.350. The number of aliphatic hydroxyl groups is 1. The second-order valence-corrected chi connectivity index (χ2v) is 6.16. The van der Waals surface area contributed by atoms with E-state index in [9.17, 15) is 8.42 Å². The van der Waals surface area contributed by atoms with Crippen molar-refractivity contribution in [2.75, 3.05) is 17.1 Å². The number of unbranched alkanes of at least 4 members (excludes halogenated alkanes) is 1. The van der Waals surface area contributed by atoms with Crippen molar-refractivity contribution < 1.29 is 13.5 Å². The van der Waals surface area contributed by atoms with E-state index in [-0.39, 0.29) is 12.4 Å². The van der Waals surface area contributed by atoms with Crippen LogP contribution in [0.3, 0.4) is 0 Å². The summed E-state index contributed by atoms with van der Waals surface area (Å²) in [6.45, 7) is 3.60. The first-order chi connectivity index (χ1) is 8.96. The molecule has 0 saturated heterocycles. The molecule has 0 aliphatic rings. The fourth-order valence-corrected chi connectivity index (χ4v) is 2.87. The molecule has 0 bridgehead atoms. The van der Waals surface area contributed by atoms with E-state index in [1.807, 2.05) is 19.9 Å². The van der Waals surface area contributed by atoms with Crippen LogP contribution >= 0.6 is 0 Å². The predicted octanol–water partition coefficient (Wildman–Crippen LogP) is 1.88. The summed E-state index contributed by atoms with van der Waals surface area (Å²) >= 11 is 0. The molecule has 1 aromatic rings. The molecular formula is C14H19NO3S. The van der Waals surface area contributed by atoms with E-state index < -0.39 is 10.0 Å². The fourth-order valence-electron chi connectivity index (χ4n) is 1.62. The maximum absolute atomic E-state index is 11.8. The number of rotatable bonds is 5. The molecule has 0 unspecified atom stereocenters. The van der Waals surface area contributed by atoms with Gasteiger partial charge in [0.1, 0.15) is 6.61 Å². The third-order valence-corrected chi connectivity index (χ3v) is 3.80. The molecule has 0 amide bonds. The summed E-state index contributed by atoms with van der Waals surface area (Å²) in [7, 11) is -3.30. The lowest BCUT2D eigenvalue weighted by Gasteiger charge is -2.09. The molecule has 0 atom stereocenters. The van der Waals surface area contributed by atoms with Crippen molar-refractivity contribution in [1.82, 2.24) is 0 Å². The summed E-state index contributed by atoms with van der Waals surface area (Å²) < 4.78 is 26.2. The molecule has 1 aromatic carbocycles. The first-order valence-corrected chi connectivity index (χ1v) is 7.84. The highest BCUT2D eigenvalue weighted by molar-refractivity contribution is 7.92. The Morgan fingerprint density at radius 2 is 2.05 bits per heavy atom. The summed E-state index contributed by atoms with van der Waals surface area (Å²) in [5.74, 6) is 5.43. The van der Waals surface area contributed by atoms with E-state index in [1.54, 1.807) is 12.1 Å². The second kappa shape index (κ2) is 7.17. The van der Waals surface area contributed by atoms with Crippen molar-refractivity contribution in [3.8, 4) is 11.8 Å². The van der Waals surface area contributed by atoms with Gasteiger partial charge in [-0.15, -0.1) is 0 Å². The number of benzene rings is 1. The van der Waals surface area contributed by atoms with Crippen molar-refractivity contribution in [2.24, 2.45) is 0 Å². The molecule has 0 radical (unpaired) electrons. The smallest absolute Gasteiger partial charge is 0.232 e. The number of aryl methyl sites for hydroxylation is 1. The molecule has 0 spiro atoms. The Hall–Kier alpha value is -1.51. The van der Waals surface area contributed by atoms with Crippen molar-refractivity contribution >= 4 is 15.7 Å². The molecule has 0 aliphatic carbocycles. The number of hydrogen-bond acceptors (Lipinski definition) is 3. The predicted molar refractivity (Wildman–Crippen MR) is 77.5 cm³/mol. The molecule has 104 valence electrons. The SMILES string of the molecule is CCCCS(=O)(=O)Nc1cc(C)cc(C#CCO)c1. The van der Waals surface area contributed by atoms with Crippen LogP contribution in [0.15, 0.2) is 18.2 Å². The number of hydrogen-bond donors (Lipinski definition) is 2. The summed E-state index contributed by atoms with van der Waals surface area (Å²) in [5.41, 5.74) is 2.11. The first kappa shape index (κ1) is 15.5. The topological polar surface area (TPSA) is 66.4 Å². The minimum Gasteiger partial charge on any atom is -0.384 e. The van der Waals surface area contributed by atoms with E-state index in [2.05, 4.69) is 16.6 Å². The van der Waals surface area contributed by atoms with Crippen LogP contribution in [0.4, 0.5) is 5.69 Å². The Labute approximate surface area is 114 Å². The highest BCUT2D eigenvalue weighted by Gasteiger charge is 2.10. The number of anilines is 1. The van der Waals surface area contributed by atoms with Crippen LogP contribution in [-0.4, -0.2) is 25.9 Å². The van der Waals surface area contributed by atoms with Crippen molar-refractivity contribution in [1.29, 1.82) is 0 Å². The Morgan fingerprint density at radius 3 is 2.68 bits per heavy atom. The van der Waals surface area contributed by atoms with Crippen LogP contribution in [0.2, 0.25) is 0 Å². The van der Waals surface area contributed by atoms with Crippen molar-refractivity contribution in [3.63, 3.8) is 0 Å². The van der Waals surface area contributed by atoms with Crippen molar-refractivity contribution in [3.05, 3.63) is 29.3 Å². The van der Waals surface area contributed by atoms with E-state index in [4.69, 9.17) is 5.11 Å². The summed E-state index contributed by atoms with van der Waals surface area (Å²) in [5, 5.41) is 8.66. The quantitative estimate of drug-likeness (QED) is 0.810. The van der Waals surface area contributed by atoms with Gasteiger partial charge in [-0.3, -0.25) is 4.72 Å². The van der Waals surface area contributed by atoms with Gasteiger partial charge in [0.05, 0.1) is 5.75 Å². The maximum atomic E-state index is 11.8. The Balaban J connectivity index is 2.92. The Kier molecular flexibility index (Phi) is 5.87. The van der Waals surface area contributed by atoms with Gasteiger partial charge in [-0.2, -0.15) is 0 Å². The average molecular weight is 281 g/mol. The zero-order valence-electron chi connectivity index (χ0n) is 11.2. The van der Waals surface area contributed by atoms with Gasteiger partial charge in [0, 0.05) is 11.3 Å². The molecule has 19 heavy (non-hydrogen) atoms. The molecule has 1 rings (SSSR count). The number of nitrogens with one attached hydrogen (secondary N) is 1. The van der Waals surface area contributed by atoms with Gasteiger partial charge in [0.25, 0.3) is 0 Å². The summed E-state index contributed by atoms with van der Waals surface area (Å²) in [4.78, 5) is 0. The number of sulfonamides is 1. The molecule has 2 N–H and O–H groups in total. The van der Waals surface area contributed by atoms with Gasteiger partial charge in [0.15, 0.2) is 0 Å². The molecular weight excluding hydrogens is 262 g/mol. The molecule has 0 aromatic heterocycles.